The normalized spacial score (nSPS) is 26.4. The summed E-state index contributed by atoms with van der Waals surface area (Å²) in [5, 5.41) is 9.34. The standard InChI is InChI=1S/C12H22N2O3/c1-8(10(13)15)7-14-6-4-5-12(2,3)9(14)11(16)17/h8-9H,4-7H2,1-3H3,(H2,13,15)(H,16,17). The van der Waals surface area contributed by atoms with Crippen molar-refractivity contribution in [3.05, 3.63) is 0 Å². The first-order chi connectivity index (χ1) is 7.75. The number of carbonyl (C=O) groups is 2. The third-order valence-corrected chi connectivity index (χ3v) is 3.60. The number of amides is 1. The maximum Gasteiger partial charge on any atom is 0.321 e. The lowest BCUT2D eigenvalue weighted by Gasteiger charge is -2.44. The molecule has 1 rings (SSSR count). The van der Waals surface area contributed by atoms with Crippen molar-refractivity contribution < 1.29 is 14.7 Å². The Hall–Kier alpha value is -1.10. The summed E-state index contributed by atoms with van der Waals surface area (Å²) in [4.78, 5) is 24.3. The number of carbonyl (C=O) groups excluding carboxylic acids is 1. The predicted molar refractivity (Wildman–Crippen MR) is 64.4 cm³/mol. The maximum atomic E-state index is 11.4. The average molecular weight is 242 g/mol. The predicted octanol–water partition coefficient (Wildman–Crippen LogP) is 0.683. The average Bonchev–Trinajstić information content (AvgIpc) is 2.14. The van der Waals surface area contributed by atoms with Gasteiger partial charge in [-0.2, -0.15) is 0 Å². The molecule has 2 unspecified atom stereocenters. The Labute approximate surface area is 102 Å². The molecule has 5 nitrogen and oxygen atoms in total. The lowest BCUT2D eigenvalue weighted by molar-refractivity contribution is -0.151. The molecule has 0 aromatic rings. The monoisotopic (exact) mass is 242 g/mol. The van der Waals surface area contributed by atoms with Crippen LogP contribution in [-0.4, -0.2) is 41.0 Å². The van der Waals surface area contributed by atoms with Gasteiger partial charge in [-0.1, -0.05) is 20.8 Å². The van der Waals surface area contributed by atoms with Crippen LogP contribution in [0, 0.1) is 11.3 Å². The van der Waals surface area contributed by atoms with E-state index in [1.165, 1.54) is 0 Å². The third kappa shape index (κ3) is 3.19. The summed E-state index contributed by atoms with van der Waals surface area (Å²) in [5.74, 6) is -1.50. The van der Waals surface area contributed by atoms with Gasteiger partial charge in [0.25, 0.3) is 0 Å². The fraction of sp³-hybridized carbons (Fsp3) is 0.833. The smallest absolute Gasteiger partial charge is 0.321 e. The topological polar surface area (TPSA) is 83.6 Å². The quantitative estimate of drug-likeness (QED) is 0.759. The molecule has 0 saturated carbocycles. The molecule has 2 atom stereocenters. The highest BCUT2D eigenvalue weighted by Gasteiger charge is 2.42. The Bertz CT molecular complexity index is 315. The molecule has 17 heavy (non-hydrogen) atoms. The van der Waals surface area contributed by atoms with Crippen molar-refractivity contribution in [1.82, 2.24) is 4.90 Å². The molecule has 3 N–H and O–H groups in total. The van der Waals surface area contributed by atoms with Crippen LogP contribution in [0.15, 0.2) is 0 Å². The summed E-state index contributed by atoms with van der Waals surface area (Å²) in [6, 6.07) is -0.530. The number of likely N-dealkylation sites (tertiary alicyclic amines) is 1. The van der Waals surface area contributed by atoms with E-state index in [1.807, 2.05) is 18.7 Å². The number of hydrogen-bond acceptors (Lipinski definition) is 3. The summed E-state index contributed by atoms with van der Waals surface area (Å²) in [6.07, 6.45) is 1.85. The van der Waals surface area contributed by atoms with Gasteiger partial charge in [0.15, 0.2) is 0 Å². The lowest BCUT2D eigenvalue weighted by atomic mass is 9.76. The van der Waals surface area contributed by atoms with Crippen LogP contribution in [0.25, 0.3) is 0 Å². The van der Waals surface area contributed by atoms with Crippen molar-refractivity contribution in [2.45, 2.75) is 39.7 Å². The van der Waals surface area contributed by atoms with Gasteiger partial charge in [0.1, 0.15) is 6.04 Å². The number of rotatable bonds is 4. The number of carboxylic acids is 1. The first-order valence-electron chi connectivity index (χ1n) is 6.02. The molecule has 1 heterocycles. The number of aliphatic carboxylic acids is 1. The summed E-state index contributed by atoms with van der Waals surface area (Å²) in [6.45, 7) is 6.82. The fourth-order valence-corrected chi connectivity index (χ4v) is 2.63. The molecule has 98 valence electrons. The zero-order chi connectivity index (χ0) is 13.2. The van der Waals surface area contributed by atoms with Crippen molar-refractivity contribution in [2.24, 2.45) is 17.1 Å². The van der Waals surface area contributed by atoms with E-state index in [1.54, 1.807) is 6.92 Å². The van der Waals surface area contributed by atoms with Gasteiger partial charge in [-0.3, -0.25) is 14.5 Å². The number of nitrogens with two attached hydrogens (primary N) is 1. The molecule has 0 aromatic carbocycles. The van der Waals surface area contributed by atoms with Gasteiger partial charge in [-0.25, -0.2) is 0 Å². The van der Waals surface area contributed by atoms with Gasteiger partial charge in [0.2, 0.25) is 5.91 Å². The zero-order valence-electron chi connectivity index (χ0n) is 10.8. The Morgan fingerprint density at radius 1 is 1.53 bits per heavy atom. The van der Waals surface area contributed by atoms with E-state index < -0.39 is 12.0 Å². The van der Waals surface area contributed by atoms with Crippen LogP contribution in [0.4, 0.5) is 0 Å². The summed E-state index contributed by atoms with van der Waals surface area (Å²) in [7, 11) is 0. The van der Waals surface area contributed by atoms with Gasteiger partial charge >= 0.3 is 5.97 Å². The number of nitrogens with zero attached hydrogens (tertiary/aromatic N) is 1. The molecule has 0 aromatic heterocycles. The fourth-order valence-electron chi connectivity index (χ4n) is 2.63. The van der Waals surface area contributed by atoms with E-state index in [-0.39, 0.29) is 17.2 Å². The first-order valence-corrected chi connectivity index (χ1v) is 6.02. The molecule has 0 bridgehead atoms. The van der Waals surface area contributed by atoms with E-state index in [4.69, 9.17) is 5.73 Å². The van der Waals surface area contributed by atoms with Crippen molar-refractivity contribution in [1.29, 1.82) is 0 Å². The van der Waals surface area contributed by atoms with Gasteiger partial charge in [-0.15, -0.1) is 0 Å². The molecular formula is C12H22N2O3. The largest absolute Gasteiger partial charge is 0.480 e. The highest BCUT2D eigenvalue weighted by atomic mass is 16.4. The summed E-state index contributed by atoms with van der Waals surface area (Å²) >= 11 is 0. The number of carboxylic acid groups (broad SMARTS) is 1. The van der Waals surface area contributed by atoms with Crippen molar-refractivity contribution in [3.63, 3.8) is 0 Å². The van der Waals surface area contributed by atoms with Crippen molar-refractivity contribution >= 4 is 11.9 Å². The van der Waals surface area contributed by atoms with Gasteiger partial charge in [-0.05, 0) is 24.8 Å². The highest BCUT2D eigenvalue weighted by Crippen LogP contribution is 2.35. The second-order valence-corrected chi connectivity index (χ2v) is 5.63. The second-order valence-electron chi connectivity index (χ2n) is 5.63. The molecule has 1 saturated heterocycles. The van der Waals surface area contributed by atoms with E-state index in [0.29, 0.717) is 6.54 Å². The summed E-state index contributed by atoms with van der Waals surface area (Å²) in [5.41, 5.74) is 4.97. The molecule has 0 aliphatic carbocycles. The zero-order valence-corrected chi connectivity index (χ0v) is 10.8. The van der Waals surface area contributed by atoms with Crippen LogP contribution < -0.4 is 5.73 Å². The van der Waals surface area contributed by atoms with Crippen molar-refractivity contribution in [2.75, 3.05) is 13.1 Å². The first kappa shape index (κ1) is 14.0. The SMILES string of the molecule is CC(CN1CCCC(C)(C)C1C(=O)O)C(N)=O. The number of hydrogen-bond donors (Lipinski definition) is 2. The molecule has 0 radical (unpaired) electrons. The van der Waals surface area contributed by atoms with Gasteiger partial charge in [0.05, 0.1) is 0 Å². The lowest BCUT2D eigenvalue weighted by Crippen LogP contribution is -2.55. The Morgan fingerprint density at radius 2 is 2.12 bits per heavy atom. The summed E-state index contributed by atoms with van der Waals surface area (Å²) < 4.78 is 0. The van der Waals surface area contributed by atoms with Gasteiger partial charge in [0, 0.05) is 12.5 Å². The van der Waals surface area contributed by atoms with Gasteiger partial charge < -0.3 is 10.8 Å². The van der Waals surface area contributed by atoms with E-state index in [9.17, 15) is 14.7 Å². The minimum absolute atomic E-state index is 0.262. The van der Waals surface area contributed by atoms with E-state index in [2.05, 4.69) is 0 Å². The Kier molecular flexibility index (Phi) is 4.14. The van der Waals surface area contributed by atoms with Crippen LogP contribution in [-0.2, 0) is 9.59 Å². The molecular weight excluding hydrogens is 220 g/mol. The highest BCUT2D eigenvalue weighted by molar-refractivity contribution is 5.77. The van der Waals surface area contributed by atoms with Crippen LogP contribution in [0.5, 0.6) is 0 Å². The molecule has 0 spiro atoms. The second kappa shape index (κ2) is 5.04. The molecule has 1 aliphatic heterocycles. The Morgan fingerprint density at radius 3 is 2.59 bits per heavy atom. The minimum atomic E-state index is -0.814. The molecule has 5 heteroatoms. The van der Waals surface area contributed by atoms with Crippen LogP contribution in [0.2, 0.25) is 0 Å². The van der Waals surface area contributed by atoms with Crippen LogP contribution >= 0.6 is 0 Å². The van der Waals surface area contributed by atoms with Crippen molar-refractivity contribution in [3.8, 4) is 0 Å². The van der Waals surface area contributed by atoms with Crippen LogP contribution in [0.1, 0.15) is 33.6 Å². The number of piperidine rings is 1. The maximum absolute atomic E-state index is 11.4. The van der Waals surface area contributed by atoms with Crippen LogP contribution in [0.3, 0.4) is 0 Å². The van der Waals surface area contributed by atoms with E-state index >= 15 is 0 Å². The third-order valence-electron chi connectivity index (χ3n) is 3.60. The molecule has 1 amide bonds. The molecule has 1 aliphatic rings. The van der Waals surface area contributed by atoms with E-state index in [0.717, 1.165) is 19.4 Å². The Balaban J connectivity index is 2.81. The molecule has 1 fully saturated rings. The number of primary amides is 1. The minimum Gasteiger partial charge on any atom is -0.480 e.